The fourth-order valence-electron chi connectivity index (χ4n) is 5.10. The summed E-state index contributed by atoms with van der Waals surface area (Å²) in [6.07, 6.45) is 2.17. The van der Waals surface area contributed by atoms with Gasteiger partial charge in [-0.3, -0.25) is 0 Å². The number of nitrogens with zero attached hydrogens (tertiary/aromatic N) is 6. The van der Waals surface area contributed by atoms with E-state index in [1.54, 1.807) is 0 Å². The highest BCUT2D eigenvalue weighted by Crippen LogP contribution is 2.31. The van der Waals surface area contributed by atoms with Crippen molar-refractivity contribution in [3.8, 4) is 22.6 Å². The van der Waals surface area contributed by atoms with Crippen molar-refractivity contribution in [2.24, 2.45) is 0 Å². The molecule has 1 aliphatic heterocycles. The van der Waals surface area contributed by atoms with Crippen LogP contribution in [-0.4, -0.2) is 63.0 Å². The maximum atomic E-state index is 13.7. The maximum absolute atomic E-state index is 13.7. The van der Waals surface area contributed by atoms with Gasteiger partial charge in [0.1, 0.15) is 29.9 Å². The summed E-state index contributed by atoms with van der Waals surface area (Å²) in [4.78, 5) is 14.1. The highest BCUT2D eigenvalue weighted by Gasteiger charge is 2.18. The lowest BCUT2D eigenvalue weighted by Crippen LogP contribution is -2.44. The van der Waals surface area contributed by atoms with Crippen LogP contribution in [0, 0.1) is 11.6 Å². The predicted molar refractivity (Wildman–Crippen MR) is 147 cm³/mol. The van der Waals surface area contributed by atoms with Crippen LogP contribution < -0.4 is 4.90 Å². The highest BCUT2D eigenvalue weighted by atomic mass is 19.1. The minimum Gasteiger partial charge on any atom is -0.374 e. The number of likely N-dealkylation sites (N-methyl/N-ethyl adjacent to an activating group) is 1. The van der Waals surface area contributed by atoms with Gasteiger partial charge in [0, 0.05) is 49.4 Å². The van der Waals surface area contributed by atoms with E-state index in [1.807, 2.05) is 48.7 Å². The number of fused-ring (bicyclic) bond motifs is 1. The summed E-state index contributed by atoms with van der Waals surface area (Å²) in [5, 5.41) is 15.4. The second kappa shape index (κ2) is 10.5. The number of aromatic nitrogens is 4. The lowest BCUT2D eigenvalue weighted by atomic mass is 10.0. The van der Waals surface area contributed by atoms with Gasteiger partial charge in [-0.05, 0) is 73.1 Å². The molecular formula is C30H28F2N6O. The van der Waals surface area contributed by atoms with Crippen molar-refractivity contribution in [1.82, 2.24) is 24.6 Å². The number of halogens is 2. The fraction of sp³-hybridized carbons (Fsp3) is 0.233. The van der Waals surface area contributed by atoms with E-state index in [1.165, 1.54) is 16.8 Å². The Hall–Kier alpha value is -4.21. The molecule has 3 aromatic heterocycles. The van der Waals surface area contributed by atoms with E-state index in [0.717, 1.165) is 65.8 Å². The molecule has 0 amide bonds. The Morgan fingerprint density at radius 1 is 0.846 bits per heavy atom. The zero-order valence-corrected chi connectivity index (χ0v) is 21.6. The lowest BCUT2D eigenvalue weighted by Gasteiger charge is -2.33. The Bertz CT molecular complexity index is 1620. The quantitative estimate of drug-likeness (QED) is 0.345. The van der Waals surface area contributed by atoms with Gasteiger partial charge >= 0.3 is 0 Å². The highest BCUT2D eigenvalue weighted by molar-refractivity contribution is 5.93. The second-order valence-corrected chi connectivity index (χ2v) is 9.90. The van der Waals surface area contributed by atoms with Crippen LogP contribution in [0.4, 0.5) is 14.6 Å². The summed E-state index contributed by atoms with van der Waals surface area (Å²) in [5.74, 6) is -0.276. The van der Waals surface area contributed by atoms with Gasteiger partial charge in [-0.2, -0.15) is 5.10 Å². The number of aliphatic hydroxyl groups is 1. The Morgan fingerprint density at radius 3 is 2.38 bits per heavy atom. The van der Waals surface area contributed by atoms with Gasteiger partial charge in [-0.15, -0.1) is 0 Å². The van der Waals surface area contributed by atoms with Gasteiger partial charge in [0.15, 0.2) is 0 Å². The molecule has 39 heavy (non-hydrogen) atoms. The van der Waals surface area contributed by atoms with Gasteiger partial charge in [-0.1, -0.05) is 12.1 Å². The van der Waals surface area contributed by atoms with Gasteiger partial charge in [0.25, 0.3) is 0 Å². The number of hydrogen-bond donors (Lipinski definition) is 1. The van der Waals surface area contributed by atoms with Crippen LogP contribution in [0.25, 0.3) is 33.5 Å². The molecular weight excluding hydrogens is 498 g/mol. The van der Waals surface area contributed by atoms with Crippen LogP contribution in [0.1, 0.15) is 11.1 Å². The molecule has 0 unspecified atom stereocenters. The third-order valence-corrected chi connectivity index (χ3v) is 7.14. The molecule has 0 bridgehead atoms. The van der Waals surface area contributed by atoms with Gasteiger partial charge < -0.3 is 14.9 Å². The minimum atomic E-state index is -0.604. The first-order valence-corrected chi connectivity index (χ1v) is 12.9. The van der Waals surface area contributed by atoms with E-state index in [9.17, 15) is 13.9 Å². The van der Waals surface area contributed by atoms with Crippen LogP contribution in [0.3, 0.4) is 0 Å². The zero-order valence-electron chi connectivity index (χ0n) is 21.6. The van der Waals surface area contributed by atoms with Crippen molar-refractivity contribution in [2.75, 3.05) is 38.1 Å². The van der Waals surface area contributed by atoms with Gasteiger partial charge in [-0.25, -0.2) is 23.4 Å². The van der Waals surface area contributed by atoms with Crippen LogP contribution in [0.2, 0.25) is 0 Å². The second-order valence-electron chi connectivity index (χ2n) is 9.90. The molecule has 0 radical (unpaired) electrons. The van der Waals surface area contributed by atoms with Crippen molar-refractivity contribution in [2.45, 2.75) is 13.2 Å². The van der Waals surface area contributed by atoms with Crippen LogP contribution >= 0.6 is 0 Å². The third kappa shape index (κ3) is 5.23. The number of benzene rings is 2. The van der Waals surface area contributed by atoms with E-state index in [0.29, 0.717) is 23.4 Å². The van der Waals surface area contributed by atoms with E-state index in [-0.39, 0.29) is 6.73 Å². The number of piperazine rings is 1. The average Bonchev–Trinajstić information content (AvgIpc) is 3.31. The smallest absolute Gasteiger partial charge is 0.136 e. The van der Waals surface area contributed by atoms with Gasteiger partial charge in [0.2, 0.25) is 0 Å². The molecule has 4 heterocycles. The third-order valence-electron chi connectivity index (χ3n) is 7.14. The molecule has 0 spiro atoms. The number of anilines is 1. The van der Waals surface area contributed by atoms with Crippen LogP contribution in [-0.2, 0) is 13.2 Å². The Balaban J connectivity index is 1.36. The minimum absolute atomic E-state index is 0.288. The number of pyridine rings is 2. The lowest BCUT2D eigenvalue weighted by molar-refractivity contribution is 0.201. The van der Waals surface area contributed by atoms with Crippen LogP contribution in [0.5, 0.6) is 0 Å². The molecule has 6 rings (SSSR count). The summed E-state index contributed by atoms with van der Waals surface area (Å²) < 4.78 is 29.0. The molecule has 2 aromatic carbocycles. The first-order valence-electron chi connectivity index (χ1n) is 12.9. The Labute approximate surface area is 225 Å². The monoisotopic (exact) mass is 526 g/mol. The molecule has 1 fully saturated rings. The van der Waals surface area contributed by atoms with Crippen molar-refractivity contribution in [3.63, 3.8) is 0 Å². The topological polar surface area (TPSA) is 70.3 Å². The summed E-state index contributed by atoms with van der Waals surface area (Å²) in [6.45, 7) is 3.56. The van der Waals surface area contributed by atoms with Crippen molar-refractivity contribution >= 4 is 16.7 Å². The van der Waals surface area contributed by atoms with Gasteiger partial charge in [0.05, 0.1) is 16.9 Å². The molecule has 0 atom stereocenters. The number of hydrogen-bond acceptors (Lipinski definition) is 6. The standard InChI is InChI=1S/C30H28F2N6O/c1-36-9-11-37(12-10-36)29-17-22(7-8-33-29)26-3-2-4-27(34-26)30-25-16-20(5-6-28(25)38(19-39)35-30)13-21-14-23(31)18-24(32)15-21/h2-8,14-18,39H,9-13,19H2,1H3. The van der Waals surface area contributed by atoms with E-state index < -0.39 is 11.6 Å². The van der Waals surface area contributed by atoms with Crippen molar-refractivity contribution in [1.29, 1.82) is 0 Å². The summed E-state index contributed by atoms with van der Waals surface area (Å²) in [5.41, 5.74) is 5.20. The Kier molecular flexibility index (Phi) is 6.76. The van der Waals surface area contributed by atoms with Crippen molar-refractivity contribution < 1.29 is 13.9 Å². The zero-order chi connectivity index (χ0) is 26.9. The van der Waals surface area contributed by atoms with Crippen LogP contribution in [0.15, 0.2) is 72.9 Å². The molecule has 7 nitrogen and oxygen atoms in total. The van der Waals surface area contributed by atoms with E-state index >= 15 is 0 Å². The normalized spacial score (nSPS) is 14.3. The Morgan fingerprint density at radius 2 is 1.62 bits per heavy atom. The van der Waals surface area contributed by atoms with E-state index in [2.05, 4.69) is 33.0 Å². The molecule has 1 N–H and O–H groups in total. The SMILES string of the molecule is CN1CCN(c2cc(-c3cccc(-c4nn(CO)c5ccc(Cc6cc(F)cc(F)c6)cc45)n3)ccn2)CC1. The van der Waals surface area contributed by atoms with Crippen molar-refractivity contribution in [3.05, 3.63) is 95.7 Å². The first kappa shape index (κ1) is 25.1. The fourth-order valence-corrected chi connectivity index (χ4v) is 5.10. The predicted octanol–water partition coefficient (Wildman–Crippen LogP) is 4.73. The summed E-state index contributed by atoms with van der Waals surface area (Å²) >= 11 is 0. The summed E-state index contributed by atoms with van der Waals surface area (Å²) in [7, 11) is 2.13. The molecule has 1 aliphatic rings. The summed E-state index contributed by atoms with van der Waals surface area (Å²) in [6, 6.07) is 19.0. The molecule has 9 heteroatoms. The number of rotatable bonds is 6. The largest absolute Gasteiger partial charge is 0.374 e. The first-order chi connectivity index (χ1) is 19.0. The van der Waals surface area contributed by atoms with E-state index in [4.69, 9.17) is 4.98 Å². The molecule has 0 saturated carbocycles. The number of aliphatic hydroxyl groups excluding tert-OH is 1. The molecule has 198 valence electrons. The molecule has 5 aromatic rings. The maximum Gasteiger partial charge on any atom is 0.136 e. The molecule has 1 saturated heterocycles. The average molecular weight is 527 g/mol. The molecule has 0 aliphatic carbocycles.